The van der Waals surface area contributed by atoms with Crippen LogP contribution in [-0.4, -0.2) is 32.0 Å². The van der Waals surface area contributed by atoms with E-state index >= 15 is 0 Å². The van der Waals surface area contributed by atoms with E-state index in [9.17, 15) is 21.6 Å². The van der Waals surface area contributed by atoms with E-state index in [4.69, 9.17) is 0 Å². The fraction of sp³-hybridized carbons (Fsp3) is 0.455. The average molecular weight is 358 g/mol. The van der Waals surface area contributed by atoms with Crippen LogP contribution in [0.3, 0.4) is 0 Å². The molecule has 8 heteroatoms. The van der Waals surface area contributed by atoms with Crippen molar-refractivity contribution in [1.29, 1.82) is 0 Å². The van der Waals surface area contributed by atoms with Crippen molar-refractivity contribution in [2.75, 3.05) is 13.1 Å². The SMILES string of the molecule is O=S(=O)(c1ccc(Br)cc1)N1CC[C@H](C(F)(F)F)C1. The second-order valence-electron chi connectivity index (χ2n) is 4.34. The normalized spacial score (nSPS) is 21.8. The smallest absolute Gasteiger partial charge is 0.207 e. The van der Waals surface area contributed by atoms with E-state index in [0.29, 0.717) is 4.47 Å². The summed E-state index contributed by atoms with van der Waals surface area (Å²) in [6.07, 6.45) is -4.52. The second kappa shape index (κ2) is 5.06. The van der Waals surface area contributed by atoms with Crippen LogP contribution >= 0.6 is 15.9 Å². The van der Waals surface area contributed by atoms with Gasteiger partial charge in [-0.05, 0) is 30.7 Å². The van der Waals surface area contributed by atoms with Gasteiger partial charge in [0.2, 0.25) is 10.0 Å². The molecule has 1 aliphatic rings. The first-order chi connectivity index (χ1) is 8.71. The van der Waals surface area contributed by atoms with Crippen LogP contribution in [0, 0.1) is 5.92 Å². The van der Waals surface area contributed by atoms with E-state index in [0.717, 1.165) is 4.31 Å². The number of nitrogens with zero attached hydrogens (tertiary/aromatic N) is 1. The quantitative estimate of drug-likeness (QED) is 0.815. The zero-order valence-corrected chi connectivity index (χ0v) is 12.1. The predicted molar refractivity (Wildman–Crippen MR) is 67.1 cm³/mol. The summed E-state index contributed by atoms with van der Waals surface area (Å²) < 4.78 is 63.6. The third kappa shape index (κ3) is 3.11. The Labute approximate surface area is 117 Å². The number of hydrogen-bond donors (Lipinski definition) is 0. The lowest BCUT2D eigenvalue weighted by molar-refractivity contribution is -0.169. The highest BCUT2D eigenvalue weighted by Crippen LogP contribution is 2.35. The molecule has 1 aromatic carbocycles. The number of alkyl halides is 3. The van der Waals surface area contributed by atoms with Gasteiger partial charge in [-0.2, -0.15) is 17.5 Å². The Morgan fingerprint density at radius 3 is 2.26 bits per heavy atom. The summed E-state index contributed by atoms with van der Waals surface area (Å²) in [5.74, 6) is -1.57. The van der Waals surface area contributed by atoms with Crippen LogP contribution in [0.25, 0.3) is 0 Å². The van der Waals surface area contributed by atoms with Crippen molar-refractivity contribution >= 4 is 26.0 Å². The first kappa shape index (κ1) is 14.8. The van der Waals surface area contributed by atoms with Crippen molar-refractivity contribution in [3.05, 3.63) is 28.7 Å². The monoisotopic (exact) mass is 357 g/mol. The van der Waals surface area contributed by atoms with Crippen molar-refractivity contribution in [2.24, 2.45) is 5.92 Å². The van der Waals surface area contributed by atoms with Crippen LogP contribution in [0.1, 0.15) is 6.42 Å². The summed E-state index contributed by atoms with van der Waals surface area (Å²) in [7, 11) is -3.84. The minimum atomic E-state index is -4.34. The minimum Gasteiger partial charge on any atom is -0.207 e. The van der Waals surface area contributed by atoms with Crippen LogP contribution in [0.15, 0.2) is 33.6 Å². The number of halogens is 4. The summed E-state index contributed by atoms with van der Waals surface area (Å²) >= 11 is 3.17. The molecule has 1 saturated heterocycles. The molecule has 106 valence electrons. The van der Waals surface area contributed by atoms with Gasteiger partial charge >= 0.3 is 6.18 Å². The highest BCUT2D eigenvalue weighted by Gasteiger charge is 2.46. The van der Waals surface area contributed by atoms with Crippen LogP contribution in [0.2, 0.25) is 0 Å². The maximum atomic E-state index is 12.5. The fourth-order valence-corrected chi connectivity index (χ4v) is 3.73. The Bertz CT molecular complexity index is 556. The van der Waals surface area contributed by atoms with E-state index < -0.39 is 28.7 Å². The van der Waals surface area contributed by atoms with Gasteiger partial charge in [-0.25, -0.2) is 8.42 Å². The summed E-state index contributed by atoms with van der Waals surface area (Å²) in [4.78, 5) is 0.0125. The minimum absolute atomic E-state index is 0.0125. The Kier molecular flexibility index (Phi) is 3.95. The zero-order chi connectivity index (χ0) is 14.3. The van der Waals surface area contributed by atoms with Gasteiger partial charge in [-0.1, -0.05) is 15.9 Å². The molecule has 0 saturated carbocycles. The van der Waals surface area contributed by atoms with E-state index in [-0.39, 0.29) is 17.9 Å². The molecule has 1 heterocycles. The van der Waals surface area contributed by atoms with Gasteiger partial charge in [0.25, 0.3) is 0 Å². The molecular weight excluding hydrogens is 347 g/mol. The van der Waals surface area contributed by atoms with Gasteiger partial charge in [0.05, 0.1) is 10.8 Å². The van der Waals surface area contributed by atoms with Crippen LogP contribution in [-0.2, 0) is 10.0 Å². The van der Waals surface area contributed by atoms with E-state index in [1.54, 1.807) is 12.1 Å². The van der Waals surface area contributed by atoms with Gasteiger partial charge < -0.3 is 0 Å². The Morgan fingerprint density at radius 2 is 1.79 bits per heavy atom. The van der Waals surface area contributed by atoms with Gasteiger partial charge in [-0.3, -0.25) is 0 Å². The molecule has 1 aromatic rings. The fourth-order valence-electron chi connectivity index (χ4n) is 1.97. The number of hydrogen-bond acceptors (Lipinski definition) is 2. The lowest BCUT2D eigenvalue weighted by atomic mass is 10.1. The third-order valence-electron chi connectivity index (χ3n) is 3.07. The Balaban J connectivity index is 2.21. The zero-order valence-electron chi connectivity index (χ0n) is 9.69. The molecule has 19 heavy (non-hydrogen) atoms. The lowest BCUT2D eigenvalue weighted by Gasteiger charge is -2.18. The summed E-state index contributed by atoms with van der Waals surface area (Å²) in [6, 6.07) is 5.84. The van der Waals surface area contributed by atoms with E-state index in [1.165, 1.54) is 12.1 Å². The van der Waals surface area contributed by atoms with Gasteiger partial charge in [-0.15, -0.1) is 0 Å². The van der Waals surface area contributed by atoms with Crippen molar-refractivity contribution in [3.8, 4) is 0 Å². The number of rotatable bonds is 2. The number of sulfonamides is 1. The topological polar surface area (TPSA) is 37.4 Å². The molecule has 1 atom stereocenters. The lowest BCUT2D eigenvalue weighted by Crippen LogP contribution is -2.32. The maximum absolute atomic E-state index is 12.5. The van der Waals surface area contributed by atoms with Crippen molar-refractivity contribution < 1.29 is 21.6 Å². The van der Waals surface area contributed by atoms with Crippen molar-refractivity contribution in [1.82, 2.24) is 4.31 Å². The standard InChI is InChI=1S/C11H11BrF3NO2S/c12-9-1-3-10(4-2-9)19(17,18)16-6-5-8(7-16)11(13,14)15/h1-4,8H,5-7H2/t8-/m0/s1. The molecule has 0 spiro atoms. The van der Waals surface area contributed by atoms with Crippen LogP contribution in [0.5, 0.6) is 0 Å². The highest BCUT2D eigenvalue weighted by molar-refractivity contribution is 9.10. The molecule has 0 amide bonds. The van der Waals surface area contributed by atoms with Crippen LogP contribution in [0.4, 0.5) is 13.2 Å². The summed E-state index contributed by atoms with van der Waals surface area (Å²) in [5.41, 5.74) is 0. The van der Waals surface area contributed by atoms with Gasteiger partial charge in [0.1, 0.15) is 0 Å². The van der Waals surface area contributed by atoms with E-state index in [1.807, 2.05) is 0 Å². The molecule has 0 radical (unpaired) electrons. The summed E-state index contributed by atoms with van der Waals surface area (Å²) in [5, 5.41) is 0. The Hall–Kier alpha value is -0.600. The molecule has 1 aliphatic heterocycles. The largest absolute Gasteiger partial charge is 0.393 e. The molecule has 0 aromatic heterocycles. The first-order valence-corrected chi connectivity index (χ1v) is 7.77. The van der Waals surface area contributed by atoms with E-state index in [2.05, 4.69) is 15.9 Å². The summed E-state index contributed by atoms with van der Waals surface area (Å²) in [6.45, 7) is -0.593. The molecule has 0 N–H and O–H groups in total. The average Bonchev–Trinajstić information content (AvgIpc) is 2.79. The molecule has 3 nitrogen and oxygen atoms in total. The first-order valence-electron chi connectivity index (χ1n) is 5.53. The molecule has 0 aliphatic carbocycles. The molecule has 0 unspecified atom stereocenters. The van der Waals surface area contributed by atoms with Crippen LogP contribution < -0.4 is 0 Å². The maximum Gasteiger partial charge on any atom is 0.393 e. The second-order valence-corrected chi connectivity index (χ2v) is 7.20. The van der Waals surface area contributed by atoms with Gasteiger partial charge in [0.15, 0.2) is 0 Å². The number of benzene rings is 1. The van der Waals surface area contributed by atoms with Crippen molar-refractivity contribution in [2.45, 2.75) is 17.5 Å². The molecular formula is C11H11BrF3NO2S. The van der Waals surface area contributed by atoms with Gasteiger partial charge in [0, 0.05) is 17.6 Å². The molecule has 2 rings (SSSR count). The third-order valence-corrected chi connectivity index (χ3v) is 5.47. The molecule has 0 bridgehead atoms. The highest BCUT2D eigenvalue weighted by atomic mass is 79.9. The Morgan fingerprint density at radius 1 is 1.21 bits per heavy atom. The van der Waals surface area contributed by atoms with Crippen molar-refractivity contribution in [3.63, 3.8) is 0 Å². The predicted octanol–water partition coefficient (Wildman–Crippen LogP) is 3.02. The molecule has 1 fully saturated rings.